The SMILES string of the molecule is CCNCC(CC)(CC)Cc1ccn(C)n1. The third kappa shape index (κ3) is 3.34. The Kier molecular flexibility index (Phi) is 5.00. The average molecular weight is 223 g/mol. The fourth-order valence-corrected chi connectivity index (χ4v) is 2.14. The molecule has 0 saturated carbocycles. The molecule has 0 aliphatic carbocycles. The molecule has 3 nitrogen and oxygen atoms in total. The van der Waals surface area contributed by atoms with Gasteiger partial charge in [0.15, 0.2) is 0 Å². The van der Waals surface area contributed by atoms with Crippen molar-refractivity contribution >= 4 is 0 Å². The van der Waals surface area contributed by atoms with Gasteiger partial charge >= 0.3 is 0 Å². The molecular formula is C13H25N3. The van der Waals surface area contributed by atoms with Crippen molar-refractivity contribution < 1.29 is 0 Å². The van der Waals surface area contributed by atoms with Gasteiger partial charge in [0.05, 0.1) is 5.69 Å². The predicted octanol–water partition coefficient (Wildman–Crippen LogP) is 2.38. The standard InChI is InChI=1S/C13H25N3/c1-5-13(6-2,11-14-7-3)10-12-8-9-16(4)15-12/h8-9,14H,5-7,10-11H2,1-4H3. The topological polar surface area (TPSA) is 29.9 Å². The first-order valence-electron chi connectivity index (χ1n) is 6.35. The Balaban J connectivity index is 2.69. The maximum Gasteiger partial charge on any atom is 0.0630 e. The highest BCUT2D eigenvalue weighted by Gasteiger charge is 2.26. The van der Waals surface area contributed by atoms with E-state index in [1.54, 1.807) is 0 Å². The molecule has 0 radical (unpaired) electrons. The fourth-order valence-electron chi connectivity index (χ4n) is 2.14. The second-order valence-electron chi connectivity index (χ2n) is 4.64. The summed E-state index contributed by atoms with van der Waals surface area (Å²) in [5.74, 6) is 0. The lowest BCUT2D eigenvalue weighted by molar-refractivity contribution is 0.245. The predicted molar refractivity (Wildman–Crippen MR) is 68.5 cm³/mol. The van der Waals surface area contributed by atoms with Gasteiger partial charge in [0.1, 0.15) is 0 Å². The number of hydrogen-bond donors (Lipinski definition) is 1. The van der Waals surface area contributed by atoms with Crippen molar-refractivity contribution in [1.82, 2.24) is 15.1 Å². The van der Waals surface area contributed by atoms with Crippen molar-refractivity contribution in [3.8, 4) is 0 Å². The van der Waals surface area contributed by atoms with Crippen molar-refractivity contribution in [2.75, 3.05) is 13.1 Å². The highest BCUT2D eigenvalue weighted by Crippen LogP contribution is 2.29. The Bertz CT molecular complexity index is 300. The van der Waals surface area contributed by atoms with Gasteiger partial charge < -0.3 is 5.32 Å². The van der Waals surface area contributed by atoms with E-state index in [4.69, 9.17) is 0 Å². The van der Waals surface area contributed by atoms with Crippen LogP contribution in [0.2, 0.25) is 0 Å². The van der Waals surface area contributed by atoms with Crippen molar-refractivity contribution in [3.63, 3.8) is 0 Å². The quantitative estimate of drug-likeness (QED) is 0.769. The zero-order valence-electron chi connectivity index (χ0n) is 11.1. The first-order valence-corrected chi connectivity index (χ1v) is 6.35. The van der Waals surface area contributed by atoms with E-state index in [2.05, 4.69) is 37.3 Å². The summed E-state index contributed by atoms with van der Waals surface area (Å²) >= 11 is 0. The second kappa shape index (κ2) is 6.04. The molecule has 1 aromatic heterocycles. The molecule has 92 valence electrons. The van der Waals surface area contributed by atoms with Crippen LogP contribution in [0.5, 0.6) is 0 Å². The highest BCUT2D eigenvalue weighted by atomic mass is 15.2. The van der Waals surface area contributed by atoms with Crippen LogP contribution in [-0.4, -0.2) is 22.9 Å². The van der Waals surface area contributed by atoms with E-state index < -0.39 is 0 Å². The first-order chi connectivity index (χ1) is 7.65. The number of rotatable bonds is 7. The molecule has 0 unspecified atom stereocenters. The third-order valence-electron chi connectivity index (χ3n) is 3.57. The monoisotopic (exact) mass is 223 g/mol. The van der Waals surface area contributed by atoms with Crippen LogP contribution in [0.25, 0.3) is 0 Å². The molecule has 0 bridgehead atoms. The normalized spacial score (nSPS) is 12.0. The minimum absolute atomic E-state index is 0.365. The summed E-state index contributed by atoms with van der Waals surface area (Å²) in [7, 11) is 1.98. The molecule has 0 spiro atoms. The molecule has 0 amide bonds. The second-order valence-corrected chi connectivity index (χ2v) is 4.64. The number of nitrogens with one attached hydrogen (secondary N) is 1. The summed E-state index contributed by atoms with van der Waals surface area (Å²) in [6.45, 7) is 8.86. The molecular weight excluding hydrogens is 198 g/mol. The van der Waals surface area contributed by atoms with Gasteiger partial charge in [-0.15, -0.1) is 0 Å². The van der Waals surface area contributed by atoms with Gasteiger partial charge in [-0.05, 0) is 37.3 Å². The Hall–Kier alpha value is -0.830. The van der Waals surface area contributed by atoms with E-state index in [9.17, 15) is 0 Å². The van der Waals surface area contributed by atoms with Gasteiger partial charge in [0.2, 0.25) is 0 Å². The lowest BCUT2D eigenvalue weighted by atomic mass is 9.78. The summed E-state index contributed by atoms with van der Waals surface area (Å²) < 4.78 is 1.89. The van der Waals surface area contributed by atoms with E-state index in [1.165, 1.54) is 18.5 Å². The molecule has 1 heterocycles. The summed E-state index contributed by atoms with van der Waals surface area (Å²) in [4.78, 5) is 0. The average Bonchev–Trinajstić information content (AvgIpc) is 2.70. The molecule has 3 heteroatoms. The molecule has 1 rings (SSSR count). The molecule has 0 atom stereocenters. The maximum absolute atomic E-state index is 4.49. The first kappa shape index (κ1) is 13.2. The van der Waals surface area contributed by atoms with Crippen LogP contribution < -0.4 is 5.32 Å². The van der Waals surface area contributed by atoms with Crippen LogP contribution in [0, 0.1) is 5.41 Å². The lowest BCUT2D eigenvalue weighted by Crippen LogP contribution is -2.35. The van der Waals surface area contributed by atoms with Crippen LogP contribution in [-0.2, 0) is 13.5 Å². The molecule has 0 saturated heterocycles. The molecule has 0 aromatic carbocycles. The van der Waals surface area contributed by atoms with E-state index in [0.29, 0.717) is 5.41 Å². The van der Waals surface area contributed by atoms with Crippen LogP contribution in [0.4, 0.5) is 0 Å². The Morgan fingerprint density at radius 2 is 2.00 bits per heavy atom. The van der Waals surface area contributed by atoms with Crippen molar-refractivity contribution in [3.05, 3.63) is 18.0 Å². The van der Waals surface area contributed by atoms with E-state index in [0.717, 1.165) is 19.5 Å². The largest absolute Gasteiger partial charge is 0.316 e. The van der Waals surface area contributed by atoms with E-state index in [1.807, 2.05) is 17.9 Å². The summed E-state index contributed by atoms with van der Waals surface area (Å²) in [5.41, 5.74) is 1.58. The number of hydrogen-bond acceptors (Lipinski definition) is 2. The van der Waals surface area contributed by atoms with Crippen LogP contribution in [0.1, 0.15) is 39.3 Å². The van der Waals surface area contributed by atoms with E-state index in [-0.39, 0.29) is 0 Å². The van der Waals surface area contributed by atoms with Crippen LogP contribution in [0.15, 0.2) is 12.3 Å². The summed E-state index contributed by atoms with van der Waals surface area (Å²) in [6, 6.07) is 2.13. The zero-order valence-corrected chi connectivity index (χ0v) is 11.1. The molecule has 1 aromatic rings. The molecule has 0 aliphatic heterocycles. The van der Waals surface area contributed by atoms with Gasteiger partial charge in [-0.3, -0.25) is 4.68 Å². The maximum atomic E-state index is 4.49. The Morgan fingerprint density at radius 1 is 1.31 bits per heavy atom. The van der Waals surface area contributed by atoms with Crippen LogP contribution >= 0.6 is 0 Å². The van der Waals surface area contributed by atoms with Crippen LogP contribution in [0.3, 0.4) is 0 Å². The van der Waals surface area contributed by atoms with Gasteiger partial charge in [-0.1, -0.05) is 20.8 Å². The van der Waals surface area contributed by atoms with Gasteiger partial charge in [0, 0.05) is 19.8 Å². The van der Waals surface area contributed by atoms with Gasteiger partial charge in [-0.2, -0.15) is 5.10 Å². The third-order valence-corrected chi connectivity index (χ3v) is 3.57. The minimum Gasteiger partial charge on any atom is -0.316 e. The van der Waals surface area contributed by atoms with Crippen molar-refractivity contribution in [1.29, 1.82) is 0 Å². The van der Waals surface area contributed by atoms with Gasteiger partial charge in [0.25, 0.3) is 0 Å². The molecule has 1 N–H and O–H groups in total. The summed E-state index contributed by atoms with van der Waals surface area (Å²) in [5, 5.41) is 7.97. The summed E-state index contributed by atoms with van der Waals surface area (Å²) in [6.07, 6.45) is 5.51. The number of aryl methyl sites for hydroxylation is 1. The minimum atomic E-state index is 0.365. The van der Waals surface area contributed by atoms with Crippen molar-refractivity contribution in [2.45, 2.75) is 40.0 Å². The smallest absolute Gasteiger partial charge is 0.0630 e. The molecule has 16 heavy (non-hydrogen) atoms. The number of nitrogens with zero attached hydrogens (tertiary/aromatic N) is 2. The number of aromatic nitrogens is 2. The van der Waals surface area contributed by atoms with Crippen molar-refractivity contribution in [2.24, 2.45) is 12.5 Å². The highest BCUT2D eigenvalue weighted by molar-refractivity contribution is 5.03. The van der Waals surface area contributed by atoms with E-state index >= 15 is 0 Å². The molecule has 0 aliphatic rings. The lowest BCUT2D eigenvalue weighted by Gasteiger charge is -2.31. The zero-order chi connectivity index (χ0) is 12.0. The fraction of sp³-hybridized carbons (Fsp3) is 0.769. The Labute approximate surface area is 99.2 Å². The Morgan fingerprint density at radius 3 is 2.44 bits per heavy atom. The molecule has 0 fully saturated rings. The van der Waals surface area contributed by atoms with Gasteiger partial charge in [-0.25, -0.2) is 0 Å².